The molecule has 0 aliphatic rings. The first kappa shape index (κ1) is 14.5. The van der Waals surface area contributed by atoms with Gasteiger partial charge in [-0.3, -0.25) is 0 Å². The largest absolute Gasteiger partial charge is 0.478 e. The molecule has 0 atom stereocenters. The Morgan fingerprint density at radius 3 is 2.65 bits per heavy atom. The van der Waals surface area contributed by atoms with Crippen LogP contribution in [0.2, 0.25) is 0 Å². The number of hydrogen-bond donors (Lipinski definition) is 1. The molecule has 0 unspecified atom stereocenters. The van der Waals surface area contributed by atoms with Gasteiger partial charge in [-0.15, -0.1) is 11.8 Å². The van der Waals surface area contributed by atoms with E-state index in [0.717, 1.165) is 22.3 Å². The number of carboxylic acids is 1. The molecule has 0 spiro atoms. The van der Waals surface area contributed by atoms with Crippen molar-refractivity contribution in [1.82, 2.24) is 4.98 Å². The van der Waals surface area contributed by atoms with Crippen molar-refractivity contribution in [2.45, 2.75) is 24.6 Å². The van der Waals surface area contributed by atoms with Gasteiger partial charge in [0, 0.05) is 11.4 Å². The Labute approximate surface area is 120 Å². The highest BCUT2D eigenvalue weighted by atomic mass is 32.2. The summed E-state index contributed by atoms with van der Waals surface area (Å²) in [4.78, 5) is 15.3. The number of thioether (sulfide) groups is 1. The molecule has 1 N–H and O–H groups in total. The minimum Gasteiger partial charge on any atom is -0.478 e. The summed E-state index contributed by atoms with van der Waals surface area (Å²) in [7, 11) is 0. The van der Waals surface area contributed by atoms with Crippen LogP contribution in [0.1, 0.15) is 27.2 Å². The van der Waals surface area contributed by atoms with E-state index in [1.807, 2.05) is 26.0 Å². The first-order valence-electron chi connectivity index (χ1n) is 6.05. The third-order valence-corrected chi connectivity index (χ3v) is 3.65. The highest BCUT2D eigenvalue weighted by Crippen LogP contribution is 2.23. The molecule has 2 rings (SSSR count). The predicted molar refractivity (Wildman–Crippen MR) is 76.6 cm³/mol. The quantitative estimate of drug-likeness (QED) is 0.870. The van der Waals surface area contributed by atoms with Gasteiger partial charge in [0.25, 0.3) is 0 Å². The van der Waals surface area contributed by atoms with Gasteiger partial charge in [0.15, 0.2) is 0 Å². The van der Waals surface area contributed by atoms with Crippen LogP contribution < -0.4 is 0 Å². The van der Waals surface area contributed by atoms with E-state index in [9.17, 15) is 9.18 Å². The fourth-order valence-corrected chi connectivity index (χ4v) is 2.85. The van der Waals surface area contributed by atoms with Crippen molar-refractivity contribution in [3.63, 3.8) is 0 Å². The van der Waals surface area contributed by atoms with Crippen LogP contribution in [0.3, 0.4) is 0 Å². The Kier molecular flexibility index (Phi) is 4.39. The number of carbonyl (C=O) groups is 1. The van der Waals surface area contributed by atoms with Gasteiger partial charge in [-0.25, -0.2) is 14.2 Å². The topological polar surface area (TPSA) is 50.2 Å². The summed E-state index contributed by atoms with van der Waals surface area (Å²) in [5, 5.41) is 9.76. The van der Waals surface area contributed by atoms with Crippen molar-refractivity contribution in [3.05, 3.63) is 58.5 Å². The highest BCUT2D eigenvalue weighted by molar-refractivity contribution is 7.98. The number of halogens is 1. The Morgan fingerprint density at radius 1 is 1.25 bits per heavy atom. The van der Waals surface area contributed by atoms with E-state index in [4.69, 9.17) is 5.11 Å². The molecule has 0 saturated heterocycles. The SMILES string of the molecule is Cc1cc(C)nc(SCc2cc(F)cc(C(=O)O)c2)c1. The lowest BCUT2D eigenvalue weighted by molar-refractivity contribution is 0.0696. The van der Waals surface area contributed by atoms with E-state index >= 15 is 0 Å². The van der Waals surface area contributed by atoms with Crippen molar-refractivity contribution in [2.75, 3.05) is 0 Å². The molecule has 20 heavy (non-hydrogen) atoms. The smallest absolute Gasteiger partial charge is 0.335 e. The molecule has 0 fully saturated rings. The second kappa shape index (κ2) is 6.05. The minimum atomic E-state index is -1.12. The molecule has 3 nitrogen and oxygen atoms in total. The summed E-state index contributed by atoms with van der Waals surface area (Å²) in [6.45, 7) is 3.91. The molecule has 104 valence electrons. The summed E-state index contributed by atoms with van der Waals surface area (Å²) in [6.07, 6.45) is 0. The molecule has 5 heteroatoms. The van der Waals surface area contributed by atoms with Gasteiger partial charge in [-0.2, -0.15) is 0 Å². The van der Waals surface area contributed by atoms with Crippen LogP contribution in [0.15, 0.2) is 35.4 Å². The normalized spacial score (nSPS) is 10.6. The average molecular weight is 291 g/mol. The maximum absolute atomic E-state index is 13.4. The molecular formula is C15H14FNO2S. The lowest BCUT2D eigenvalue weighted by atomic mass is 10.1. The number of carboxylic acid groups (broad SMARTS) is 1. The standard InChI is InChI=1S/C15H14FNO2S/c1-9-3-10(2)17-14(4-9)20-8-11-5-12(15(18)19)7-13(16)6-11/h3-7H,8H2,1-2H3,(H,18,19). The molecule has 2 aromatic rings. The second-order valence-electron chi connectivity index (χ2n) is 4.57. The van der Waals surface area contributed by atoms with Crippen LogP contribution in [-0.4, -0.2) is 16.1 Å². The molecule has 0 bridgehead atoms. The van der Waals surface area contributed by atoms with Gasteiger partial charge >= 0.3 is 5.97 Å². The number of aryl methyl sites for hydroxylation is 2. The van der Waals surface area contributed by atoms with Gasteiger partial charge in [0.2, 0.25) is 0 Å². The molecule has 0 amide bonds. The summed E-state index contributed by atoms with van der Waals surface area (Å²) in [6, 6.07) is 7.79. The number of rotatable bonds is 4. The predicted octanol–water partition coefficient (Wildman–Crippen LogP) is 3.83. The molecule has 0 saturated carbocycles. The zero-order valence-electron chi connectivity index (χ0n) is 11.2. The van der Waals surface area contributed by atoms with Gasteiger partial charge in [0.1, 0.15) is 5.82 Å². The number of pyridine rings is 1. The zero-order chi connectivity index (χ0) is 14.7. The number of aromatic carboxylic acids is 1. The molecule has 1 aromatic heterocycles. The number of aromatic nitrogens is 1. The fourth-order valence-electron chi connectivity index (χ4n) is 1.89. The summed E-state index contributed by atoms with van der Waals surface area (Å²) in [5.41, 5.74) is 2.64. The van der Waals surface area contributed by atoms with Crippen LogP contribution in [0.25, 0.3) is 0 Å². The van der Waals surface area contributed by atoms with E-state index in [0.29, 0.717) is 11.3 Å². The highest BCUT2D eigenvalue weighted by Gasteiger charge is 2.08. The average Bonchev–Trinajstić information content (AvgIpc) is 2.34. The van der Waals surface area contributed by atoms with Crippen LogP contribution >= 0.6 is 11.8 Å². The van der Waals surface area contributed by atoms with Gasteiger partial charge in [-0.1, -0.05) is 0 Å². The second-order valence-corrected chi connectivity index (χ2v) is 5.56. The van der Waals surface area contributed by atoms with Crippen LogP contribution in [0.4, 0.5) is 4.39 Å². The van der Waals surface area contributed by atoms with Crippen molar-refractivity contribution < 1.29 is 14.3 Å². The van der Waals surface area contributed by atoms with Crippen molar-refractivity contribution in [3.8, 4) is 0 Å². The maximum Gasteiger partial charge on any atom is 0.335 e. The number of hydrogen-bond acceptors (Lipinski definition) is 3. The summed E-state index contributed by atoms with van der Waals surface area (Å²) in [5.74, 6) is -1.18. The van der Waals surface area contributed by atoms with Gasteiger partial charge < -0.3 is 5.11 Å². The summed E-state index contributed by atoms with van der Waals surface area (Å²) >= 11 is 1.46. The molecule has 1 heterocycles. The molecule has 0 radical (unpaired) electrons. The molecule has 0 aliphatic heterocycles. The monoisotopic (exact) mass is 291 g/mol. The fraction of sp³-hybridized carbons (Fsp3) is 0.200. The Hall–Kier alpha value is -1.88. The lowest BCUT2D eigenvalue weighted by Gasteiger charge is -2.05. The van der Waals surface area contributed by atoms with Crippen molar-refractivity contribution in [2.24, 2.45) is 0 Å². The van der Waals surface area contributed by atoms with E-state index < -0.39 is 11.8 Å². The summed E-state index contributed by atoms with van der Waals surface area (Å²) < 4.78 is 13.4. The first-order chi connectivity index (χ1) is 9.44. The number of nitrogens with zero attached hydrogens (tertiary/aromatic N) is 1. The third-order valence-electron chi connectivity index (χ3n) is 2.67. The maximum atomic E-state index is 13.4. The first-order valence-corrected chi connectivity index (χ1v) is 7.03. The third kappa shape index (κ3) is 3.81. The van der Waals surface area contributed by atoms with E-state index in [1.54, 1.807) is 0 Å². The van der Waals surface area contributed by atoms with Crippen LogP contribution in [-0.2, 0) is 5.75 Å². The Balaban J connectivity index is 2.16. The van der Waals surface area contributed by atoms with E-state index in [-0.39, 0.29) is 5.56 Å². The molecule has 1 aromatic carbocycles. The van der Waals surface area contributed by atoms with E-state index in [1.165, 1.54) is 23.9 Å². The van der Waals surface area contributed by atoms with Crippen molar-refractivity contribution in [1.29, 1.82) is 0 Å². The lowest BCUT2D eigenvalue weighted by Crippen LogP contribution is -1.98. The molecular weight excluding hydrogens is 277 g/mol. The minimum absolute atomic E-state index is 0.0334. The van der Waals surface area contributed by atoms with Crippen molar-refractivity contribution >= 4 is 17.7 Å². The van der Waals surface area contributed by atoms with Crippen LogP contribution in [0, 0.1) is 19.7 Å². The van der Waals surface area contributed by atoms with Gasteiger partial charge in [-0.05, 0) is 55.3 Å². The van der Waals surface area contributed by atoms with Gasteiger partial charge in [0.05, 0.1) is 10.6 Å². The Bertz CT molecular complexity index is 638. The molecule has 0 aliphatic carbocycles. The zero-order valence-corrected chi connectivity index (χ0v) is 12.0. The Morgan fingerprint density at radius 2 is 2.00 bits per heavy atom. The van der Waals surface area contributed by atoms with Crippen LogP contribution in [0.5, 0.6) is 0 Å². The van der Waals surface area contributed by atoms with E-state index in [2.05, 4.69) is 4.98 Å². The number of benzene rings is 1.